The van der Waals surface area contributed by atoms with Gasteiger partial charge in [-0.05, 0) is 32.5 Å². The van der Waals surface area contributed by atoms with Crippen LogP contribution in [0.2, 0.25) is 5.02 Å². The third-order valence-corrected chi connectivity index (χ3v) is 6.51. The maximum absolute atomic E-state index is 6.22. The predicted molar refractivity (Wildman–Crippen MR) is 127 cm³/mol. The Balaban J connectivity index is 0.00000150. The fourth-order valence-electron chi connectivity index (χ4n) is 3.87. The number of hydrogen-bond donors (Lipinski definition) is 1. The monoisotopic (exact) mass is 476 g/mol. The van der Waals surface area contributed by atoms with Crippen LogP contribution in [0.25, 0.3) is 11.9 Å². The van der Waals surface area contributed by atoms with Gasteiger partial charge in [0.05, 0.1) is 16.1 Å². The summed E-state index contributed by atoms with van der Waals surface area (Å²) in [6.45, 7) is 5.90. The van der Waals surface area contributed by atoms with Crippen molar-refractivity contribution in [3.8, 4) is 0 Å². The summed E-state index contributed by atoms with van der Waals surface area (Å²) in [6, 6.07) is 4.72. The van der Waals surface area contributed by atoms with Crippen LogP contribution >= 0.6 is 47.8 Å². The Bertz CT molecular complexity index is 965. The van der Waals surface area contributed by atoms with Crippen LogP contribution < -0.4 is 15.9 Å². The molecule has 5 nitrogen and oxygen atoms in total. The second-order valence-electron chi connectivity index (χ2n) is 7.19. The molecular formula is C20H27Cl3N4OS. The van der Waals surface area contributed by atoms with Gasteiger partial charge < -0.3 is 15.0 Å². The molecule has 2 aliphatic heterocycles. The molecular weight excluding hydrogens is 451 g/mol. The highest BCUT2D eigenvalue weighted by atomic mass is 35.5. The third-order valence-electron chi connectivity index (χ3n) is 5.33. The number of halogens is 3. The molecule has 4 rings (SSSR count). The number of fused-ring (bicyclic) bond motifs is 2. The number of likely N-dealkylation sites (N-methyl/N-ethyl adjacent to an activating group) is 1. The Morgan fingerprint density at radius 2 is 2.10 bits per heavy atom. The molecule has 0 aromatic carbocycles. The van der Waals surface area contributed by atoms with Crippen molar-refractivity contribution in [3.63, 3.8) is 0 Å². The molecule has 1 fully saturated rings. The Hall–Kier alpha value is -1.02. The van der Waals surface area contributed by atoms with Crippen molar-refractivity contribution in [1.82, 2.24) is 14.8 Å². The highest BCUT2D eigenvalue weighted by molar-refractivity contribution is 7.16. The van der Waals surface area contributed by atoms with E-state index in [2.05, 4.69) is 35.2 Å². The summed E-state index contributed by atoms with van der Waals surface area (Å²) in [6.07, 6.45) is 4.79. The first-order valence-electron chi connectivity index (χ1n) is 9.24. The molecule has 0 bridgehead atoms. The average Bonchev–Trinajstić information content (AvgIpc) is 2.95. The molecule has 160 valence electrons. The van der Waals surface area contributed by atoms with E-state index in [0.717, 1.165) is 43.2 Å². The molecule has 0 saturated carbocycles. The largest absolute Gasteiger partial charge is 0.385 e. The smallest absolute Gasteiger partial charge is 0.102 e. The van der Waals surface area contributed by atoms with E-state index in [9.17, 15) is 0 Å². The number of thiophene rings is 1. The van der Waals surface area contributed by atoms with Gasteiger partial charge in [-0.3, -0.25) is 9.88 Å². The number of hydrogen-bond acceptors (Lipinski definition) is 6. The van der Waals surface area contributed by atoms with E-state index >= 15 is 0 Å². The van der Waals surface area contributed by atoms with Crippen molar-refractivity contribution in [1.29, 1.82) is 0 Å². The van der Waals surface area contributed by atoms with Gasteiger partial charge in [0.15, 0.2) is 0 Å². The number of nitrogens with one attached hydrogen (secondary N) is 1. The molecule has 0 radical (unpaired) electrons. The zero-order valence-electron chi connectivity index (χ0n) is 16.8. The first-order valence-corrected chi connectivity index (χ1v) is 10.4. The molecule has 1 saturated heterocycles. The molecule has 4 heterocycles. The Morgan fingerprint density at radius 3 is 2.86 bits per heavy atom. The second-order valence-corrected chi connectivity index (χ2v) is 8.88. The molecule has 1 atom stereocenters. The molecule has 9 heteroatoms. The number of rotatable bonds is 4. The third kappa shape index (κ3) is 5.01. The molecule has 0 aliphatic carbocycles. The van der Waals surface area contributed by atoms with Gasteiger partial charge in [-0.15, -0.1) is 36.2 Å². The van der Waals surface area contributed by atoms with E-state index in [4.69, 9.17) is 21.3 Å². The highest BCUT2D eigenvalue weighted by Gasteiger charge is 2.28. The van der Waals surface area contributed by atoms with E-state index in [1.165, 1.54) is 21.1 Å². The molecule has 1 unspecified atom stereocenters. The molecule has 2 aromatic heterocycles. The first-order chi connectivity index (χ1) is 13.1. The SMILES string of the molecule is COCCC1CN(C2=c3ncc(Cl)cc3=CNc3sc(C)cc32)CCN1C.Cl.Cl. The lowest BCUT2D eigenvalue weighted by atomic mass is 10.1. The van der Waals surface area contributed by atoms with Crippen LogP contribution in [-0.4, -0.2) is 61.2 Å². The molecule has 2 aromatic rings. The average molecular weight is 478 g/mol. The number of pyridine rings is 1. The standard InChI is InChI=1S/C20H25ClN4OS.2ClH/c1-13-8-17-19(25-6-5-24(2)16(12-25)4-7-26-3)18-14(9-15(21)11-22-18)10-23-20(17)27-13;;/h8-11,16,23H,4-7,12H2,1-3H3;2*1H. The van der Waals surface area contributed by atoms with Crippen LogP contribution in [0, 0.1) is 6.92 Å². The number of anilines is 1. The first kappa shape index (κ1) is 24.3. The van der Waals surface area contributed by atoms with Crippen LogP contribution in [0.15, 0.2) is 18.3 Å². The van der Waals surface area contributed by atoms with Crippen molar-refractivity contribution in [2.45, 2.75) is 19.4 Å². The van der Waals surface area contributed by atoms with Crippen LogP contribution in [0.5, 0.6) is 0 Å². The maximum Gasteiger partial charge on any atom is 0.102 e. The summed E-state index contributed by atoms with van der Waals surface area (Å²) in [5.41, 5.74) is 2.44. The summed E-state index contributed by atoms with van der Waals surface area (Å²) in [5, 5.41) is 7.33. The van der Waals surface area contributed by atoms with E-state index in [1.807, 2.05) is 12.3 Å². The van der Waals surface area contributed by atoms with Crippen LogP contribution in [-0.2, 0) is 4.74 Å². The van der Waals surface area contributed by atoms with Crippen molar-refractivity contribution < 1.29 is 4.74 Å². The number of aryl methyl sites for hydroxylation is 1. The van der Waals surface area contributed by atoms with Crippen molar-refractivity contribution in [2.24, 2.45) is 0 Å². The fraction of sp³-hybridized carbons (Fsp3) is 0.450. The van der Waals surface area contributed by atoms with Gasteiger partial charge in [-0.1, -0.05) is 11.6 Å². The summed E-state index contributed by atoms with van der Waals surface area (Å²) < 4.78 is 5.33. The second kappa shape index (κ2) is 10.3. The summed E-state index contributed by atoms with van der Waals surface area (Å²) in [7, 11) is 3.98. The molecule has 1 N–H and O–H groups in total. The fourth-order valence-corrected chi connectivity index (χ4v) is 4.91. The predicted octanol–water partition coefficient (Wildman–Crippen LogP) is 2.92. The van der Waals surface area contributed by atoms with Gasteiger partial charge in [0.1, 0.15) is 5.00 Å². The number of methoxy groups -OCH3 is 1. The molecule has 2 aliphatic rings. The summed E-state index contributed by atoms with van der Waals surface area (Å²) >= 11 is 8.00. The van der Waals surface area contributed by atoms with Gasteiger partial charge >= 0.3 is 0 Å². The zero-order chi connectivity index (χ0) is 19.0. The van der Waals surface area contributed by atoms with Crippen molar-refractivity contribution >= 4 is 64.6 Å². The Kier molecular flexibility index (Phi) is 8.64. The van der Waals surface area contributed by atoms with Gasteiger partial charge in [-0.25, -0.2) is 0 Å². The lowest BCUT2D eigenvalue weighted by molar-refractivity contribution is 0.0960. The van der Waals surface area contributed by atoms with Gasteiger partial charge in [0, 0.05) is 67.4 Å². The minimum Gasteiger partial charge on any atom is -0.385 e. The number of aromatic nitrogens is 1. The van der Waals surface area contributed by atoms with Crippen LogP contribution in [0.1, 0.15) is 16.9 Å². The van der Waals surface area contributed by atoms with Crippen LogP contribution in [0.3, 0.4) is 0 Å². The Morgan fingerprint density at radius 1 is 1.31 bits per heavy atom. The topological polar surface area (TPSA) is 40.6 Å². The minimum absolute atomic E-state index is 0. The van der Waals surface area contributed by atoms with Crippen LogP contribution in [0.4, 0.5) is 5.00 Å². The van der Waals surface area contributed by atoms with Gasteiger partial charge in [0.25, 0.3) is 0 Å². The quantitative estimate of drug-likeness (QED) is 0.733. The lowest BCUT2D eigenvalue weighted by Crippen LogP contribution is -2.52. The van der Waals surface area contributed by atoms with E-state index in [-0.39, 0.29) is 24.8 Å². The number of piperazine rings is 1. The highest BCUT2D eigenvalue weighted by Crippen LogP contribution is 2.34. The normalized spacial score (nSPS) is 18.4. The van der Waals surface area contributed by atoms with Crippen molar-refractivity contribution in [2.75, 3.05) is 45.7 Å². The van der Waals surface area contributed by atoms with Crippen molar-refractivity contribution in [3.05, 3.63) is 44.4 Å². The van der Waals surface area contributed by atoms with Gasteiger partial charge in [-0.2, -0.15) is 0 Å². The molecule has 0 spiro atoms. The van der Waals surface area contributed by atoms with E-state index < -0.39 is 0 Å². The minimum atomic E-state index is 0. The zero-order valence-corrected chi connectivity index (χ0v) is 20.0. The molecule has 29 heavy (non-hydrogen) atoms. The number of nitrogens with zero attached hydrogens (tertiary/aromatic N) is 3. The van der Waals surface area contributed by atoms with E-state index in [1.54, 1.807) is 24.6 Å². The number of ether oxygens (including phenoxy) is 1. The molecule has 0 amide bonds. The maximum atomic E-state index is 6.22. The summed E-state index contributed by atoms with van der Waals surface area (Å²) in [5.74, 6) is 0. The van der Waals surface area contributed by atoms with Gasteiger partial charge in [0.2, 0.25) is 0 Å². The summed E-state index contributed by atoms with van der Waals surface area (Å²) in [4.78, 5) is 11.0. The van der Waals surface area contributed by atoms with E-state index in [0.29, 0.717) is 11.1 Å². The lowest BCUT2D eigenvalue weighted by Gasteiger charge is -2.41. The Labute approximate surface area is 193 Å².